The predicted octanol–water partition coefficient (Wildman–Crippen LogP) is 0.788. The van der Waals surface area contributed by atoms with Crippen molar-refractivity contribution in [2.24, 2.45) is 0 Å². The maximum Gasteiger partial charge on any atom is 0.0739 e. The standard InChI is InChI=1S/C9H22N2/c1-2-8-11-9-6-4-3-5-7-10/h11H,2-10H2,1H3/p+1. The molecule has 11 heavy (non-hydrogen) atoms. The summed E-state index contributed by atoms with van der Waals surface area (Å²) >= 11 is 0. The molecule has 0 rings (SSSR count). The van der Waals surface area contributed by atoms with Gasteiger partial charge >= 0.3 is 0 Å². The van der Waals surface area contributed by atoms with Crippen LogP contribution in [0.5, 0.6) is 0 Å². The molecular formula is C9H23N2+. The zero-order valence-electron chi connectivity index (χ0n) is 7.86. The number of unbranched alkanes of at least 4 members (excludes halogenated alkanes) is 3. The molecule has 0 aliphatic heterocycles. The van der Waals surface area contributed by atoms with Gasteiger partial charge in [0.25, 0.3) is 0 Å². The van der Waals surface area contributed by atoms with Crippen LogP contribution < -0.4 is 11.1 Å². The monoisotopic (exact) mass is 159 g/mol. The van der Waals surface area contributed by atoms with Gasteiger partial charge in [-0.2, -0.15) is 0 Å². The van der Waals surface area contributed by atoms with Gasteiger partial charge in [0.1, 0.15) is 0 Å². The second-order valence-corrected chi connectivity index (χ2v) is 3.02. The molecule has 0 fully saturated rings. The molecule has 0 saturated heterocycles. The molecule has 0 saturated carbocycles. The van der Waals surface area contributed by atoms with Crippen molar-refractivity contribution in [1.82, 2.24) is 5.32 Å². The normalized spacial score (nSPS) is 10.4. The van der Waals surface area contributed by atoms with Crippen LogP contribution in [0.25, 0.3) is 0 Å². The summed E-state index contributed by atoms with van der Waals surface area (Å²) in [6, 6.07) is 0. The molecule has 0 heterocycles. The predicted molar refractivity (Wildman–Crippen MR) is 49.4 cm³/mol. The van der Waals surface area contributed by atoms with E-state index in [0.717, 1.165) is 6.54 Å². The van der Waals surface area contributed by atoms with Gasteiger partial charge in [0.05, 0.1) is 6.54 Å². The van der Waals surface area contributed by atoms with Gasteiger partial charge in [-0.25, -0.2) is 0 Å². The van der Waals surface area contributed by atoms with E-state index < -0.39 is 0 Å². The molecule has 2 heteroatoms. The van der Waals surface area contributed by atoms with Crippen LogP contribution in [-0.4, -0.2) is 19.6 Å². The molecule has 0 aromatic rings. The van der Waals surface area contributed by atoms with Crippen molar-refractivity contribution in [3.05, 3.63) is 0 Å². The molecule has 0 aromatic carbocycles. The second kappa shape index (κ2) is 9.92. The third-order valence-corrected chi connectivity index (χ3v) is 1.78. The fraction of sp³-hybridized carbons (Fsp3) is 1.00. The largest absolute Gasteiger partial charge is 0.358 e. The lowest BCUT2D eigenvalue weighted by molar-refractivity contribution is -0.368. The van der Waals surface area contributed by atoms with Gasteiger partial charge in [-0.05, 0) is 38.8 Å². The maximum atomic E-state index is 3.82. The summed E-state index contributed by atoms with van der Waals surface area (Å²) in [7, 11) is 0. The van der Waals surface area contributed by atoms with Crippen molar-refractivity contribution in [3.8, 4) is 0 Å². The molecule has 0 bridgehead atoms. The van der Waals surface area contributed by atoms with Crippen LogP contribution in [0.2, 0.25) is 0 Å². The molecule has 0 spiro atoms. The molecular weight excluding hydrogens is 136 g/mol. The average Bonchev–Trinajstić information content (AvgIpc) is 2.03. The first-order valence-electron chi connectivity index (χ1n) is 4.91. The lowest BCUT2D eigenvalue weighted by atomic mass is 10.2. The Bertz CT molecular complexity index is 56.6. The van der Waals surface area contributed by atoms with E-state index in [9.17, 15) is 0 Å². The fourth-order valence-corrected chi connectivity index (χ4v) is 1.08. The lowest BCUT2D eigenvalue weighted by Crippen LogP contribution is -2.50. The minimum atomic E-state index is 1.10. The fourth-order valence-electron chi connectivity index (χ4n) is 1.08. The van der Waals surface area contributed by atoms with Crippen LogP contribution in [0, 0.1) is 0 Å². The molecule has 0 aliphatic carbocycles. The van der Waals surface area contributed by atoms with Gasteiger partial charge in [-0.3, -0.25) is 0 Å². The Labute approximate surface area is 70.5 Å². The van der Waals surface area contributed by atoms with Crippen LogP contribution in [0.1, 0.15) is 39.0 Å². The van der Waals surface area contributed by atoms with Crippen LogP contribution in [0.15, 0.2) is 0 Å². The molecule has 0 unspecified atom stereocenters. The number of quaternary nitrogens is 1. The van der Waals surface area contributed by atoms with E-state index in [2.05, 4.69) is 18.0 Å². The minimum Gasteiger partial charge on any atom is -0.358 e. The van der Waals surface area contributed by atoms with E-state index in [4.69, 9.17) is 0 Å². The van der Waals surface area contributed by atoms with E-state index in [0.29, 0.717) is 0 Å². The molecule has 0 atom stereocenters. The van der Waals surface area contributed by atoms with Gasteiger partial charge in [0.2, 0.25) is 0 Å². The van der Waals surface area contributed by atoms with E-state index in [1.54, 1.807) is 0 Å². The third-order valence-electron chi connectivity index (χ3n) is 1.78. The number of hydrogen-bond donors (Lipinski definition) is 2. The Hall–Kier alpha value is -0.0800. The first-order chi connectivity index (χ1) is 5.41. The van der Waals surface area contributed by atoms with E-state index in [1.165, 1.54) is 45.2 Å². The van der Waals surface area contributed by atoms with Crippen LogP contribution >= 0.6 is 0 Å². The maximum absolute atomic E-state index is 3.82. The van der Waals surface area contributed by atoms with Crippen molar-refractivity contribution >= 4 is 0 Å². The Balaban J connectivity index is 2.69. The first-order valence-corrected chi connectivity index (χ1v) is 4.91. The van der Waals surface area contributed by atoms with Crippen molar-refractivity contribution < 1.29 is 5.73 Å². The quantitative estimate of drug-likeness (QED) is 0.505. The highest BCUT2D eigenvalue weighted by Gasteiger charge is 1.88. The molecule has 0 amide bonds. The number of hydrogen-bond acceptors (Lipinski definition) is 1. The topological polar surface area (TPSA) is 39.7 Å². The van der Waals surface area contributed by atoms with Crippen molar-refractivity contribution in [1.29, 1.82) is 0 Å². The summed E-state index contributed by atoms with van der Waals surface area (Å²) < 4.78 is 0. The summed E-state index contributed by atoms with van der Waals surface area (Å²) in [5.74, 6) is 0. The SMILES string of the molecule is CCCNCCCCCC[NH3+]. The molecule has 0 radical (unpaired) electrons. The van der Waals surface area contributed by atoms with Crippen LogP contribution in [-0.2, 0) is 0 Å². The molecule has 68 valence electrons. The highest BCUT2D eigenvalue weighted by molar-refractivity contribution is 4.47. The van der Waals surface area contributed by atoms with Gasteiger partial charge in [-0.1, -0.05) is 13.3 Å². The summed E-state index contributed by atoms with van der Waals surface area (Å²) in [4.78, 5) is 0. The van der Waals surface area contributed by atoms with Crippen LogP contribution in [0.4, 0.5) is 0 Å². The highest BCUT2D eigenvalue weighted by Crippen LogP contribution is 1.96. The van der Waals surface area contributed by atoms with Gasteiger partial charge < -0.3 is 11.1 Å². The minimum absolute atomic E-state index is 1.10. The van der Waals surface area contributed by atoms with Crippen molar-refractivity contribution in [3.63, 3.8) is 0 Å². The summed E-state index contributed by atoms with van der Waals surface area (Å²) in [5.41, 5.74) is 3.82. The molecule has 2 nitrogen and oxygen atoms in total. The summed E-state index contributed by atoms with van der Waals surface area (Å²) in [5, 5.41) is 3.40. The second-order valence-electron chi connectivity index (χ2n) is 3.02. The average molecular weight is 159 g/mol. The lowest BCUT2D eigenvalue weighted by Gasteiger charge is -2.01. The highest BCUT2D eigenvalue weighted by atomic mass is 14.8. The van der Waals surface area contributed by atoms with Gasteiger partial charge in [0, 0.05) is 0 Å². The summed E-state index contributed by atoms with van der Waals surface area (Å²) in [6.07, 6.45) is 6.61. The number of nitrogens with one attached hydrogen (secondary N) is 1. The molecule has 0 aliphatic rings. The van der Waals surface area contributed by atoms with Gasteiger partial charge in [0.15, 0.2) is 0 Å². The van der Waals surface area contributed by atoms with Crippen LogP contribution in [0.3, 0.4) is 0 Å². The Morgan fingerprint density at radius 1 is 1.00 bits per heavy atom. The van der Waals surface area contributed by atoms with E-state index in [-0.39, 0.29) is 0 Å². The zero-order chi connectivity index (χ0) is 8.36. The van der Waals surface area contributed by atoms with E-state index in [1.807, 2.05) is 0 Å². The Morgan fingerprint density at radius 3 is 2.36 bits per heavy atom. The number of rotatable bonds is 8. The molecule has 4 N–H and O–H groups in total. The molecule has 0 aromatic heterocycles. The van der Waals surface area contributed by atoms with Crippen molar-refractivity contribution in [2.45, 2.75) is 39.0 Å². The third kappa shape index (κ3) is 9.92. The summed E-state index contributed by atoms with van der Waals surface area (Å²) in [6.45, 7) is 5.68. The Morgan fingerprint density at radius 2 is 1.73 bits per heavy atom. The van der Waals surface area contributed by atoms with E-state index >= 15 is 0 Å². The first kappa shape index (κ1) is 10.9. The van der Waals surface area contributed by atoms with Crippen molar-refractivity contribution in [2.75, 3.05) is 19.6 Å². The Kier molecular flexibility index (Phi) is 9.85. The van der Waals surface area contributed by atoms with Gasteiger partial charge in [-0.15, -0.1) is 0 Å². The smallest absolute Gasteiger partial charge is 0.0739 e. The zero-order valence-corrected chi connectivity index (χ0v) is 7.86.